The quantitative estimate of drug-likeness (QED) is 0.765. The van der Waals surface area contributed by atoms with Gasteiger partial charge in [0.25, 0.3) is 5.92 Å². The van der Waals surface area contributed by atoms with Crippen LogP contribution in [0.5, 0.6) is 0 Å². The maximum Gasteiger partial charge on any atom is 0.282 e. The van der Waals surface area contributed by atoms with E-state index in [-0.39, 0.29) is 13.1 Å². The monoisotopic (exact) mass is 216 g/mol. The van der Waals surface area contributed by atoms with E-state index in [1.807, 2.05) is 0 Å². The van der Waals surface area contributed by atoms with Gasteiger partial charge in [-0.1, -0.05) is 19.1 Å². The highest BCUT2D eigenvalue weighted by Crippen LogP contribution is 2.31. The lowest BCUT2D eigenvalue weighted by atomic mass is 10.1. The molecule has 1 saturated heterocycles. The maximum absolute atomic E-state index is 12.7. The average molecular weight is 216 g/mol. The van der Waals surface area contributed by atoms with Gasteiger partial charge < -0.3 is 4.90 Å². The Morgan fingerprint density at radius 1 is 1.47 bits per heavy atom. The van der Waals surface area contributed by atoms with Gasteiger partial charge in [0, 0.05) is 6.54 Å². The molecule has 0 bridgehead atoms. The van der Waals surface area contributed by atoms with Gasteiger partial charge in [-0.3, -0.25) is 0 Å². The van der Waals surface area contributed by atoms with Gasteiger partial charge in [0.15, 0.2) is 0 Å². The molecule has 6 heteroatoms. The minimum absolute atomic E-state index is 0.224. The summed E-state index contributed by atoms with van der Waals surface area (Å²) in [7, 11) is 0. The predicted molar refractivity (Wildman–Crippen MR) is 52.0 cm³/mol. The third kappa shape index (κ3) is 2.08. The van der Waals surface area contributed by atoms with Crippen molar-refractivity contribution in [3.8, 4) is 0 Å². The van der Waals surface area contributed by atoms with Gasteiger partial charge in [-0.2, -0.15) is 0 Å². The molecule has 1 aromatic heterocycles. The van der Waals surface area contributed by atoms with Crippen LogP contribution in [0.4, 0.5) is 14.6 Å². The lowest BCUT2D eigenvalue weighted by Gasteiger charge is -2.39. The Labute approximate surface area is 86.9 Å². The average Bonchev–Trinajstić information content (AvgIpc) is 2.46. The molecule has 1 fully saturated rings. The molecule has 2 heterocycles. The molecule has 0 atom stereocenters. The van der Waals surface area contributed by atoms with Crippen LogP contribution in [0.1, 0.15) is 13.8 Å². The van der Waals surface area contributed by atoms with E-state index in [1.54, 1.807) is 9.58 Å². The van der Waals surface area contributed by atoms with Crippen LogP contribution < -0.4 is 4.90 Å². The second-order valence-electron chi connectivity index (χ2n) is 4.38. The van der Waals surface area contributed by atoms with Crippen LogP contribution in [0, 0.1) is 5.92 Å². The Kier molecular flexibility index (Phi) is 2.36. The molecule has 1 aromatic rings. The highest BCUT2D eigenvalue weighted by atomic mass is 19.3. The number of rotatable bonds is 3. The Hall–Kier alpha value is -1.20. The van der Waals surface area contributed by atoms with Gasteiger partial charge >= 0.3 is 0 Å². The van der Waals surface area contributed by atoms with Crippen molar-refractivity contribution in [1.82, 2.24) is 15.0 Å². The first-order valence-electron chi connectivity index (χ1n) is 4.99. The van der Waals surface area contributed by atoms with Crippen LogP contribution in [-0.4, -0.2) is 34.0 Å². The van der Waals surface area contributed by atoms with Gasteiger partial charge in [0.1, 0.15) is 5.82 Å². The number of aromatic nitrogens is 3. The van der Waals surface area contributed by atoms with Gasteiger partial charge in [0.05, 0.1) is 19.3 Å². The predicted octanol–water partition coefficient (Wildman–Crippen LogP) is 1.39. The summed E-state index contributed by atoms with van der Waals surface area (Å²) in [6.07, 6.45) is 1.54. The Morgan fingerprint density at radius 2 is 2.13 bits per heavy atom. The minimum atomic E-state index is -2.55. The molecule has 0 saturated carbocycles. The third-order valence-corrected chi connectivity index (χ3v) is 2.30. The largest absolute Gasteiger partial charge is 0.343 e. The van der Waals surface area contributed by atoms with Gasteiger partial charge in [0.2, 0.25) is 0 Å². The SMILES string of the molecule is CC(C)Cn1nncc1N1CC(F)(F)C1. The maximum atomic E-state index is 12.7. The molecule has 0 unspecified atom stereocenters. The highest BCUT2D eigenvalue weighted by Gasteiger charge is 2.45. The zero-order valence-corrected chi connectivity index (χ0v) is 8.82. The molecule has 4 nitrogen and oxygen atoms in total. The highest BCUT2D eigenvalue weighted by molar-refractivity contribution is 5.41. The Morgan fingerprint density at radius 3 is 2.67 bits per heavy atom. The first-order chi connectivity index (χ1) is 6.98. The van der Waals surface area contributed by atoms with Gasteiger partial charge in [-0.05, 0) is 5.92 Å². The molecule has 0 spiro atoms. The second-order valence-corrected chi connectivity index (χ2v) is 4.38. The molecule has 0 N–H and O–H groups in total. The fraction of sp³-hybridized carbons (Fsp3) is 0.778. The van der Waals surface area contributed by atoms with Gasteiger partial charge in [-0.25, -0.2) is 13.5 Å². The fourth-order valence-corrected chi connectivity index (χ4v) is 1.65. The standard InChI is InChI=1S/C9H14F2N4/c1-7(2)4-15-8(3-12-13-15)14-5-9(10,11)6-14/h3,7H,4-6H2,1-2H3. The van der Waals surface area contributed by atoms with Crippen molar-refractivity contribution in [3.05, 3.63) is 6.20 Å². The first kappa shape index (κ1) is 10.3. The van der Waals surface area contributed by atoms with Crippen molar-refractivity contribution < 1.29 is 8.78 Å². The van der Waals surface area contributed by atoms with Crippen molar-refractivity contribution in [3.63, 3.8) is 0 Å². The van der Waals surface area contributed by atoms with Crippen LogP contribution in [0.15, 0.2) is 6.20 Å². The van der Waals surface area contributed by atoms with E-state index in [0.717, 1.165) is 0 Å². The summed E-state index contributed by atoms with van der Waals surface area (Å²) in [4.78, 5) is 1.60. The fourth-order valence-electron chi connectivity index (χ4n) is 1.65. The Bertz CT molecular complexity index is 340. The molecular formula is C9H14F2N4. The molecule has 0 amide bonds. The number of anilines is 1. The molecule has 0 aromatic carbocycles. The topological polar surface area (TPSA) is 34.0 Å². The van der Waals surface area contributed by atoms with Crippen molar-refractivity contribution in [2.75, 3.05) is 18.0 Å². The molecule has 84 valence electrons. The van der Waals surface area contributed by atoms with E-state index in [1.165, 1.54) is 6.20 Å². The van der Waals surface area contributed by atoms with E-state index >= 15 is 0 Å². The van der Waals surface area contributed by atoms with Crippen molar-refractivity contribution in [2.24, 2.45) is 5.92 Å². The summed E-state index contributed by atoms with van der Waals surface area (Å²) in [5.41, 5.74) is 0. The number of halogens is 2. The molecule has 2 rings (SSSR count). The summed E-state index contributed by atoms with van der Waals surface area (Å²) in [5, 5.41) is 7.64. The lowest BCUT2D eigenvalue weighted by molar-refractivity contribution is -0.0271. The second kappa shape index (κ2) is 3.43. The van der Waals surface area contributed by atoms with Crippen LogP contribution in [-0.2, 0) is 6.54 Å². The van der Waals surface area contributed by atoms with E-state index in [0.29, 0.717) is 18.3 Å². The van der Waals surface area contributed by atoms with Crippen molar-refractivity contribution in [2.45, 2.75) is 26.3 Å². The normalized spacial score (nSPS) is 19.4. The minimum Gasteiger partial charge on any atom is -0.343 e. The third-order valence-electron chi connectivity index (χ3n) is 2.30. The zero-order valence-electron chi connectivity index (χ0n) is 8.82. The van der Waals surface area contributed by atoms with Gasteiger partial charge in [-0.15, -0.1) is 5.10 Å². The van der Waals surface area contributed by atoms with Crippen LogP contribution in [0.3, 0.4) is 0 Å². The van der Waals surface area contributed by atoms with Crippen LogP contribution in [0.2, 0.25) is 0 Å². The molecule has 15 heavy (non-hydrogen) atoms. The number of nitrogens with zero attached hydrogens (tertiary/aromatic N) is 4. The summed E-state index contributed by atoms with van der Waals surface area (Å²) in [6, 6.07) is 0. The van der Waals surface area contributed by atoms with Crippen molar-refractivity contribution in [1.29, 1.82) is 0 Å². The number of hydrogen-bond donors (Lipinski definition) is 0. The molecule has 0 radical (unpaired) electrons. The van der Waals surface area contributed by atoms with Crippen molar-refractivity contribution >= 4 is 5.82 Å². The lowest BCUT2D eigenvalue weighted by Crippen LogP contribution is -2.57. The van der Waals surface area contributed by atoms with E-state index in [9.17, 15) is 8.78 Å². The Balaban J connectivity index is 2.06. The van der Waals surface area contributed by atoms with Crippen LogP contribution in [0.25, 0.3) is 0 Å². The summed E-state index contributed by atoms with van der Waals surface area (Å²) in [6.45, 7) is 4.36. The van der Waals surface area contributed by atoms with E-state index in [2.05, 4.69) is 24.2 Å². The number of alkyl halides is 2. The molecular weight excluding hydrogens is 202 g/mol. The zero-order chi connectivity index (χ0) is 11.1. The van der Waals surface area contributed by atoms with E-state index < -0.39 is 5.92 Å². The summed E-state index contributed by atoms with van der Waals surface area (Å²) < 4.78 is 27.0. The first-order valence-corrected chi connectivity index (χ1v) is 4.99. The molecule has 1 aliphatic heterocycles. The van der Waals surface area contributed by atoms with Crippen LogP contribution >= 0.6 is 0 Å². The summed E-state index contributed by atoms with van der Waals surface area (Å²) >= 11 is 0. The number of hydrogen-bond acceptors (Lipinski definition) is 3. The summed E-state index contributed by atoms with van der Waals surface area (Å²) in [5.74, 6) is -1.44. The van der Waals surface area contributed by atoms with E-state index in [4.69, 9.17) is 0 Å². The molecule has 1 aliphatic rings. The smallest absolute Gasteiger partial charge is 0.282 e. The molecule has 0 aliphatic carbocycles.